The number of carbonyl (C=O) groups is 2. The number of amides is 2. The number of aliphatic hydroxyl groups is 1. The zero-order valence-corrected chi connectivity index (χ0v) is 11.3. The van der Waals surface area contributed by atoms with Gasteiger partial charge >= 0.3 is 12.0 Å². The molecule has 0 aromatic carbocycles. The second-order valence-corrected chi connectivity index (χ2v) is 4.67. The number of carboxylic acid groups (broad SMARTS) is 1. The third-order valence-corrected chi connectivity index (χ3v) is 2.85. The lowest BCUT2D eigenvalue weighted by Crippen LogP contribution is -2.48. The first-order valence-electron chi connectivity index (χ1n) is 6.31. The number of aliphatic hydroxyl groups excluding tert-OH is 1. The minimum atomic E-state index is -1.14. The number of hydrogen-bond acceptors (Lipinski definition) is 3. The Morgan fingerprint density at radius 3 is 2.28 bits per heavy atom. The van der Waals surface area contributed by atoms with Crippen molar-refractivity contribution >= 4 is 12.0 Å². The molecule has 2 unspecified atom stereocenters. The molecule has 0 aliphatic carbocycles. The van der Waals surface area contributed by atoms with E-state index in [-0.39, 0.29) is 19.1 Å². The fraction of sp³-hybridized carbons (Fsp3) is 0.833. The molecule has 0 aromatic heterocycles. The Labute approximate surface area is 108 Å². The first-order valence-corrected chi connectivity index (χ1v) is 6.31. The molecule has 18 heavy (non-hydrogen) atoms. The summed E-state index contributed by atoms with van der Waals surface area (Å²) in [5.74, 6) is -0.637. The van der Waals surface area contributed by atoms with Gasteiger partial charge in [-0.05, 0) is 19.3 Å². The first kappa shape index (κ1) is 16.7. The standard InChI is InChI=1S/C12H24N2O4/c1-4-8(2)7-9(3)13-12(18)14-10(5-6-15)11(16)17/h8-10,15H,4-7H2,1-3H3,(H,16,17)(H2,13,14,18)/t8?,9?,10-/m0/s1. The Kier molecular flexibility index (Phi) is 8.11. The molecule has 6 nitrogen and oxygen atoms in total. The average Bonchev–Trinajstić information content (AvgIpc) is 2.27. The summed E-state index contributed by atoms with van der Waals surface area (Å²) >= 11 is 0. The molecule has 0 aliphatic rings. The molecule has 0 radical (unpaired) electrons. The van der Waals surface area contributed by atoms with Gasteiger partial charge in [-0.1, -0.05) is 20.3 Å². The molecule has 6 heteroatoms. The van der Waals surface area contributed by atoms with Gasteiger partial charge in [0.15, 0.2) is 0 Å². The van der Waals surface area contributed by atoms with Gasteiger partial charge in [0.05, 0.1) is 0 Å². The van der Waals surface area contributed by atoms with Gasteiger partial charge in [-0.25, -0.2) is 9.59 Å². The van der Waals surface area contributed by atoms with Gasteiger partial charge < -0.3 is 20.8 Å². The molecule has 0 rings (SSSR count). The van der Waals surface area contributed by atoms with E-state index in [2.05, 4.69) is 24.5 Å². The summed E-state index contributed by atoms with van der Waals surface area (Å²) in [6, 6.07) is -1.57. The summed E-state index contributed by atoms with van der Waals surface area (Å²) in [6.07, 6.45) is 1.89. The van der Waals surface area contributed by atoms with Gasteiger partial charge in [0.1, 0.15) is 6.04 Å². The van der Waals surface area contributed by atoms with Crippen LogP contribution < -0.4 is 10.6 Å². The van der Waals surface area contributed by atoms with Gasteiger partial charge in [0, 0.05) is 19.1 Å². The smallest absolute Gasteiger partial charge is 0.326 e. The maximum Gasteiger partial charge on any atom is 0.326 e. The summed E-state index contributed by atoms with van der Waals surface area (Å²) in [6.45, 7) is 5.79. The number of urea groups is 1. The lowest BCUT2D eigenvalue weighted by atomic mass is 10.0. The van der Waals surface area contributed by atoms with Crippen LogP contribution in [0.25, 0.3) is 0 Å². The van der Waals surface area contributed by atoms with Crippen molar-refractivity contribution in [3.8, 4) is 0 Å². The fourth-order valence-corrected chi connectivity index (χ4v) is 1.64. The molecule has 0 aliphatic heterocycles. The van der Waals surface area contributed by atoms with E-state index >= 15 is 0 Å². The van der Waals surface area contributed by atoms with Crippen LogP contribution in [0, 0.1) is 5.92 Å². The van der Waals surface area contributed by atoms with Crippen LogP contribution in [0.2, 0.25) is 0 Å². The molecule has 3 atom stereocenters. The maximum atomic E-state index is 11.5. The predicted octanol–water partition coefficient (Wildman–Crippen LogP) is 0.946. The summed E-state index contributed by atoms with van der Waals surface area (Å²) in [4.78, 5) is 22.3. The molecule has 0 saturated carbocycles. The van der Waals surface area contributed by atoms with Crippen molar-refractivity contribution in [2.75, 3.05) is 6.61 Å². The average molecular weight is 260 g/mol. The first-order chi connectivity index (χ1) is 8.40. The normalized spacial score (nSPS) is 15.6. The molecule has 0 saturated heterocycles. The van der Waals surface area contributed by atoms with Crippen molar-refractivity contribution in [2.24, 2.45) is 5.92 Å². The second kappa shape index (κ2) is 8.74. The van der Waals surface area contributed by atoms with Crippen LogP contribution in [0.15, 0.2) is 0 Å². The highest BCUT2D eigenvalue weighted by Gasteiger charge is 2.20. The predicted molar refractivity (Wildman–Crippen MR) is 68.3 cm³/mol. The Hall–Kier alpha value is -1.30. The molecule has 0 spiro atoms. The van der Waals surface area contributed by atoms with Crippen molar-refractivity contribution in [3.05, 3.63) is 0 Å². The maximum absolute atomic E-state index is 11.5. The van der Waals surface area contributed by atoms with E-state index in [1.807, 2.05) is 6.92 Å². The highest BCUT2D eigenvalue weighted by Crippen LogP contribution is 2.09. The van der Waals surface area contributed by atoms with E-state index in [4.69, 9.17) is 10.2 Å². The van der Waals surface area contributed by atoms with Gasteiger partial charge in [0.25, 0.3) is 0 Å². The molecule has 2 amide bonds. The number of rotatable bonds is 8. The Balaban J connectivity index is 4.11. The SMILES string of the molecule is CCC(C)CC(C)NC(=O)N[C@@H](CCO)C(=O)O. The Morgan fingerprint density at radius 2 is 1.83 bits per heavy atom. The molecule has 0 fully saturated rings. The molecular formula is C12H24N2O4. The number of carboxylic acids is 1. The largest absolute Gasteiger partial charge is 0.480 e. The minimum absolute atomic E-state index is 0.00248. The topological polar surface area (TPSA) is 98.7 Å². The van der Waals surface area contributed by atoms with Gasteiger partial charge in [0.2, 0.25) is 0 Å². The van der Waals surface area contributed by atoms with E-state index in [0.29, 0.717) is 5.92 Å². The highest BCUT2D eigenvalue weighted by molar-refractivity contribution is 5.82. The fourth-order valence-electron chi connectivity index (χ4n) is 1.64. The Morgan fingerprint density at radius 1 is 1.22 bits per heavy atom. The third kappa shape index (κ3) is 7.11. The van der Waals surface area contributed by atoms with Crippen LogP contribution in [-0.2, 0) is 4.79 Å². The molecule has 4 N–H and O–H groups in total. The second-order valence-electron chi connectivity index (χ2n) is 4.67. The van der Waals surface area contributed by atoms with Crippen LogP contribution in [0.1, 0.15) is 40.0 Å². The van der Waals surface area contributed by atoms with Crippen LogP contribution in [0.4, 0.5) is 4.79 Å². The van der Waals surface area contributed by atoms with E-state index in [9.17, 15) is 9.59 Å². The molecular weight excluding hydrogens is 236 g/mol. The molecule has 106 valence electrons. The lowest BCUT2D eigenvalue weighted by molar-refractivity contribution is -0.139. The number of carbonyl (C=O) groups excluding carboxylic acids is 1. The van der Waals surface area contributed by atoms with Crippen LogP contribution in [0.5, 0.6) is 0 Å². The minimum Gasteiger partial charge on any atom is -0.480 e. The van der Waals surface area contributed by atoms with Gasteiger partial charge in [-0.15, -0.1) is 0 Å². The molecule has 0 aromatic rings. The zero-order valence-electron chi connectivity index (χ0n) is 11.3. The van der Waals surface area contributed by atoms with Gasteiger partial charge in [-0.2, -0.15) is 0 Å². The quantitative estimate of drug-likeness (QED) is 0.522. The summed E-state index contributed by atoms with van der Waals surface area (Å²) in [7, 11) is 0. The highest BCUT2D eigenvalue weighted by atomic mass is 16.4. The summed E-state index contributed by atoms with van der Waals surface area (Å²) < 4.78 is 0. The Bertz CT molecular complexity index is 271. The van der Waals surface area contributed by atoms with Crippen LogP contribution >= 0.6 is 0 Å². The number of nitrogens with one attached hydrogen (secondary N) is 2. The summed E-state index contributed by atoms with van der Waals surface area (Å²) in [5, 5.41) is 22.5. The molecule has 0 bridgehead atoms. The van der Waals surface area contributed by atoms with E-state index < -0.39 is 18.0 Å². The van der Waals surface area contributed by atoms with Crippen molar-refractivity contribution in [2.45, 2.75) is 52.1 Å². The van der Waals surface area contributed by atoms with Crippen molar-refractivity contribution in [1.82, 2.24) is 10.6 Å². The third-order valence-electron chi connectivity index (χ3n) is 2.85. The van der Waals surface area contributed by atoms with Crippen molar-refractivity contribution in [3.63, 3.8) is 0 Å². The monoisotopic (exact) mass is 260 g/mol. The zero-order chi connectivity index (χ0) is 14.1. The van der Waals surface area contributed by atoms with Gasteiger partial charge in [-0.3, -0.25) is 0 Å². The van der Waals surface area contributed by atoms with E-state index in [0.717, 1.165) is 12.8 Å². The molecule has 0 heterocycles. The number of aliphatic carboxylic acids is 1. The lowest BCUT2D eigenvalue weighted by Gasteiger charge is -2.20. The number of hydrogen-bond donors (Lipinski definition) is 4. The van der Waals surface area contributed by atoms with E-state index in [1.165, 1.54) is 0 Å². The van der Waals surface area contributed by atoms with E-state index in [1.54, 1.807) is 0 Å². The summed E-state index contributed by atoms with van der Waals surface area (Å²) in [5.41, 5.74) is 0. The van der Waals surface area contributed by atoms with Crippen LogP contribution in [-0.4, -0.2) is 40.9 Å². The van der Waals surface area contributed by atoms with Crippen molar-refractivity contribution in [1.29, 1.82) is 0 Å². The van der Waals surface area contributed by atoms with Crippen molar-refractivity contribution < 1.29 is 19.8 Å². The van der Waals surface area contributed by atoms with Crippen LogP contribution in [0.3, 0.4) is 0 Å².